The minimum atomic E-state index is -0.538. The average Bonchev–Trinajstić information content (AvgIpc) is 2.48. The monoisotopic (exact) mass is 326 g/mol. The first-order chi connectivity index (χ1) is 10.1. The lowest BCUT2D eigenvalue weighted by atomic mass is 10.2. The quantitative estimate of drug-likeness (QED) is 0.582. The van der Waals surface area contributed by atoms with Crippen molar-refractivity contribution in [2.24, 2.45) is 0 Å². The lowest BCUT2D eigenvalue weighted by molar-refractivity contribution is 0.298. The summed E-state index contributed by atoms with van der Waals surface area (Å²) in [6, 6.07) is 8.86. The molecule has 0 aliphatic heterocycles. The summed E-state index contributed by atoms with van der Waals surface area (Å²) in [5, 5.41) is 0.0222. The molecule has 0 aliphatic carbocycles. The van der Waals surface area contributed by atoms with E-state index in [0.29, 0.717) is 5.56 Å². The van der Waals surface area contributed by atoms with E-state index >= 15 is 0 Å². The summed E-state index contributed by atoms with van der Waals surface area (Å²) in [5.41, 5.74) is 0.533. The van der Waals surface area contributed by atoms with Crippen LogP contribution in [-0.4, -0.2) is 5.88 Å². The van der Waals surface area contributed by atoms with Crippen molar-refractivity contribution in [3.05, 3.63) is 64.2 Å². The Kier molecular flexibility index (Phi) is 5.44. The third kappa shape index (κ3) is 4.10. The van der Waals surface area contributed by atoms with Crippen LogP contribution in [0.1, 0.15) is 11.1 Å². The number of hydrogen-bond acceptors (Lipinski definition) is 1. The minimum absolute atomic E-state index is 0.0222. The molecule has 0 spiro atoms. The molecule has 0 N–H and O–H groups in total. The van der Waals surface area contributed by atoms with Gasteiger partial charge in [0.25, 0.3) is 0 Å². The van der Waals surface area contributed by atoms with Crippen LogP contribution in [0.25, 0.3) is 0 Å². The Bertz CT molecular complexity index is 705. The molecule has 0 heterocycles. The second-order valence-electron chi connectivity index (χ2n) is 4.08. The topological polar surface area (TPSA) is 9.23 Å². The second-order valence-corrected chi connectivity index (χ2v) is 4.75. The van der Waals surface area contributed by atoms with Crippen LogP contribution >= 0.6 is 23.2 Å². The van der Waals surface area contributed by atoms with E-state index < -0.39 is 11.6 Å². The number of halogens is 4. The molecule has 2 aromatic carbocycles. The zero-order valence-corrected chi connectivity index (χ0v) is 12.3. The minimum Gasteiger partial charge on any atom is -0.489 e. The molecule has 0 aromatic heterocycles. The standard InChI is InChI=1S/C16H10Cl2F2O/c17-8-2-4-11-6-7-13(9-15(11)19)21-10-12-3-1-5-14(18)16(12)20/h1,3,5-7,9H,8,10H2. The molecule has 0 bridgehead atoms. The number of alkyl halides is 1. The number of rotatable bonds is 3. The van der Waals surface area contributed by atoms with E-state index in [1.54, 1.807) is 18.2 Å². The van der Waals surface area contributed by atoms with Gasteiger partial charge in [0.1, 0.15) is 24.0 Å². The van der Waals surface area contributed by atoms with Crippen LogP contribution in [0.5, 0.6) is 5.75 Å². The highest BCUT2D eigenvalue weighted by molar-refractivity contribution is 6.30. The van der Waals surface area contributed by atoms with E-state index in [1.807, 2.05) is 0 Å². The van der Waals surface area contributed by atoms with Crippen molar-refractivity contribution in [1.82, 2.24) is 0 Å². The van der Waals surface area contributed by atoms with E-state index in [1.165, 1.54) is 18.2 Å². The Morgan fingerprint density at radius 3 is 2.67 bits per heavy atom. The van der Waals surface area contributed by atoms with Gasteiger partial charge in [0, 0.05) is 11.6 Å². The van der Waals surface area contributed by atoms with Crippen molar-refractivity contribution in [2.75, 3.05) is 5.88 Å². The summed E-state index contributed by atoms with van der Waals surface area (Å²) in [6.45, 7) is -0.0431. The SMILES string of the molecule is Fc1cc(OCc2cccc(Cl)c2F)ccc1C#CCCl. The average molecular weight is 327 g/mol. The van der Waals surface area contributed by atoms with Crippen LogP contribution in [-0.2, 0) is 6.61 Å². The fourth-order valence-electron chi connectivity index (χ4n) is 1.64. The van der Waals surface area contributed by atoms with Gasteiger partial charge in [0.2, 0.25) is 0 Å². The lowest BCUT2D eigenvalue weighted by Gasteiger charge is -2.08. The van der Waals surface area contributed by atoms with Gasteiger partial charge in [-0.15, -0.1) is 11.6 Å². The zero-order chi connectivity index (χ0) is 15.2. The molecule has 5 heteroatoms. The van der Waals surface area contributed by atoms with Crippen LogP contribution in [0.15, 0.2) is 36.4 Å². The van der Waals surface area contributed by atoms with E-state index in [9.17, 15) is 8.78 Å². The molecule has 21 heavy (non-hydrogen) atoms. The van der Waals surface area contributed by atoms with Gasteiger partial charge in [-0.2, -0.15) is 0 Å². The van der Waals surface area contributed by atoms with Crippen LogP contribution in [0.3, 0.4) is 0 Å². The molecule has 1 nitrogen and oxygen atoms in total. The van der Waals surface area contributed by atoms with Crippen LogP contribution in [0.4, 0.5) is 8.78 Å². The summed E-state index contributed by atoms with van der Waals surface area (Å²) >= 11 is 11.1. The highest BCUT2D eigenvalue weighted by Crippen LogP contribution is 2.21. The zero-order valence-electron chi connectivity index (χ0n) is 10.8. The van der Waals surface area contributed by atoms with E-state index in [2.05, 4.69) is 11.8 Å². The second kappa shape index (κ2) is 7.31. The van der Waals surface area contributed by atoms with Gasteiger partial charge in [-0.3, -0.25) is 0 Å². The summed E-state index contributed by atoms with van der Waals surface area (Å²) in [5.74, 6) is 4.51. The largest absolute Gasteiger partial charge is 0.489 e. The predicted molar refractivity (Wildman–Crippen MR) is 79.7 cm³/mol. The fourth-order valence-corrected chi connectivity index (χ4v) is 1.90. The van der Waals surface area contributed by atoms with Crippen molar-refractivity contribution >= 4 is 23.2 Å². The molecule has 2 rings (SSSR count). The fraction of sp³-hybridized carbons (Fsp3) is 0.125. The third-order valence-corrected chi connectivity index (χ3v) is 3.08. The smallest absolute Gasteiger partial charge is 0.148 e. The summed E-state index contributed by atoms with van der Waals surface area (Å²) in [7, 11) is 0. The van der Waals surface area contributed by atoms with E-state index in [-0.39, 0.29) is 28.8 Å². The van der Waals surface area contributed by atoms with Crippen molar-refractivity contribution in [2.45, 2.75) is 6.61 Å². The van der Waals surface area contributed by atoms with E-state index in [4.69, 9.17) is 27.9 Å². The maximum atomic E-state index is 13.7. The highest BCUT2D eigenvalue weighted by Gasteiger charge is 2.08. The van der Waals surface area contributed by atoms with Crippen molar-refractivity contribution in [3.8, 4) is 17.6 Å². The Hall–Kier alpha value is -1.76. The molecule has 0 saturated carbocycles. The van der Waals surface area contributed by atoms with Gasteiger partial charge in [-0.25, -0.2) is 8.78 Å². The Labute approximate surface area is 131 Å². The van der Waals surface area contributed by atoms with Gasteiger partial charge >= 0.3 is 0 Å². The first-order valence-electron chi connectivity index (χ1n) is 6.02. The summed E-state index contributed by atoms with van der Waals surface area (Å²) < 4.78 is 32.7. The molecule has 0 atom stereocenters. The molecule has 0 saturated heterocycles. The first-order valence-corrected chi connectivity index (χ1v) is 6.93. The normalized spacial score (nSPS) is 9.90. The summed E-state index contributed by atoms with van der Waals surface area (Å²) in [6.07, 6.45) is 0. The van der Waals surface area contributed by atoms with Gasteiger partial charge < -0.3 is 4.74 Å². The van der Waals surface area contributed by atoms with Crippen molar-refractivity contribution in [1.29, 1.82) is 0 Å². The molecule has 2 aromatic rings. The molecule has 0 fully saturated rings. The number of hydrogen-bond donors (Lipinski definition) is 0. The van der Waals surface area contributed by atoms with Crippen LogP contribution in [0.2, 0.25) is 5.02 Å². The number of benzene rings is 2. The maximum Gasteiger partial charge on any atom is 0.148 e. The Morgan fingerprint density at radius 2 is 1.95 bits per heavy atom. The highest BCUT2D eigenvalue weighted by atomic mass is 35.5. The van der Waals surface area contributed by atoms with Crippen molar-refractivity contribution in [3.63, 3.8) is 0 Å². The molecule has 0 unspecified atom stereocenters. The Morgan fingerprint density at radius 1 is 1.14 bits per heavy atom. The molecular formula is C16H10Cl2F2O. The number of ether oxygens (including phenoxy) is 1. The van der Waals surface area contributed by atoms with Gasteiger partial charge in [-0.05, 0) is 18.2 Å². The van der Waals surface area contributed by atoms with Crippen molar-refractivity contribution < 1.29 is 13.5 Å². The van der Waals surface area contributed by atoms with Gasteiger partial charge in [0.05, 0.1) is 16.5 Å². The van der Waals surface area contributed by atoms with E-state index in [0.717, 1.165) is 0 Å². The molecule has 0 aliphatic rings. The summed E-state index contributed by atoms with van der Waals surface area (Å²) in [4.78, 5) is 0. The molecule has 108 valence electrons. The Balaban J connectivity index is 2.10. The van der Waals surface area contributed by atoms with Crippen LogP contribution in [0, 0.1) is 23.5 Å². The maximum absolute atomic E-state index is 13.7. The van der Waals surface area contributed by atoms with Gasteiger partial charge in [-0.1, -0.05) is 35.6 Å². The molecular weight excluding hydrogens is 317 g/mol. The first kappa shape index (κ1) is 15.6. The van der Waals surface area contributed by atoms with Crippen LogP contribution < -0.4 is 4.74 Å². The lowest BCUT2D eigenvalue weighted by Crippen LogP contribution is -1.99. The third-order valence-electron chi connectivity index (χ3n) is 2.66. The predicted octanol–water partition coefficient (Wildman–Crippen LogP) is 4.79. The molecule has 0 amide bonds. The molecule has 0 radical (unpaired) electrons. The van der Waals surface area contributed by atoms with Gasteiger partial charge in [0.15, 0.2) is 0 Å².